The van der Waals surface area contributed by atoms with E-state index in [4.69, 9.17) is 10.8 Å². The fraction of sp³-hybridized carbons (Fsp3) is 0.188. The molecule has 0 unspecified atom stereocenters. The number of nitrogens with zero attached hydrogens (tertiary/aromatic N) is 1. The van der Waals surface area contributed by atoms with Gasteiger partial charge in [-0.3, -0.25) is 4.79 Å². The number of hydrogen-bond acceptors (Lipinski definition) is 3. The molecule has 110 valence electrons. The van der Waals surface area contributed by atoms with Gasteiger partial charge in [0.05, 0.1) is 12.3 Å². The van der Waals surface area contributed by atoms with Gasteiger partial charge in [0.1, 0.15) is 5.82 Å². The Kier molecular flexibility index (Phi) is 4.90. The molecule has 4 nitrogen and oxygen atoms in total. The first-order valence-corrected chi connectivity index (χ1v) is 6.61. The van der Waals surface area contributed by atoms with E-state index in [1.807, 2.05) is 30.3 Å². The van der Waals surface area contributed by atoms with E-state index in [0.717, 1.165) is 5.56 Å². The lowest BCUT2D eigenvalue weighted by Gasteiger charge is -2.22. The van der Waals surface area contributed by atoms with Gasteiger partial charge < -0.3 is 15.7 Å². The van der Waals surface area contributed by atoms with Crippen LogP contribution in [0.15, 0.2) is 48.5 Å². The number of aliphatic hydroxyl groups excluding tert-OH is 1. The molecule has 0 saturated heterocycles. The molecule has 0 aliphatic carbocycles. The molecule has 21 heavy (non-hydrogen) atoms. The van der Waals surface area contributed by atoms with Crippen molar-refractivity contribution >= 4 is 11.6 Å². The molecule has 2 aromatic rings. The Morgan fingerprint density at radius 2 is 1.90 bits per heavy atom. The van der Waals surface area contributed by atoms with Gasteiger partial charge >= 0.3 is 0 Å². The zero-order valence-corrected chi connectivity index (χ0v) is 11.5. The summed E-state index contributed by atoms with van der Waals surface area (Å²) < 4.78 is 13.2. The van der Waals surface area contributed by atoms with Crippen LogP contribution in [-0.2, 0) is 6.54 Å². The molecule has 0 atom stereocenters. The number of nitrogens with two attached hydrogens (primary N) is 1. The number of carbonyl (C=O) groups excluding carboxylic acids is 1. The number of amides is 1. The average Bonchev–Trinajstić information content (AvgIpc) is 2.50. The van der Waals surface area contributed by atoms with Crippen molar-refractivity contribution in [3.63, 3.8) is 0 Å². The van der Waals surface area contributed by atoms with E-state index >= 15 is 0 Å². The van der Waals surface area contributed by atoms with Crippen LogP contribution in [0.1, 0.15) is 15.9 Å². The molecule has 3 N–H and O–H groups in total. The van der Waals surface area contributed by atoms with Crippen molar-refractivity contribution in [3.8, 4) is 0 Å². The Morgan fingerprint density at radius 3 is 2.52 bits per heavy atom. The first-order chi connectivity index (χ1) is 10.1. The maximum absolute atomic E-state index is 13.2. The minimum atomic E-state index is -0.552. The van der Waals surface area contributed by atoms with Gasteiger partial charge in [0, 0.05) is 18.7 Å². The van der Waals surface area contributed by atoms with Crippen molar-refractivity contribution in [2.45, 2.75) is 6.54 Å². The molecule has 0 bridgehead atoms. The summed E-state index contributed by atoms with van der Waals surface area (Å²) in [6.07, 6.45) is 0. The minimum Gasteiger partial charge on any atom is -0.396 e. The van der Waals surface area contributed by atoms with Crippen molar-refractivity contribution < 1.29 is 14.3 Å². The van der Waals surface area contributed by atoms with Crippen LogP contribution in [0, 0.1) is 5.82 Å². The zero-order valence-electron chi connectivity index (χ0n) is 11.5. The largest absolute Gasteiger partial charge is 0.396 e. The maximum atomic E-state index is 13.2. The van der Waals surface area contributed by atoms with Gasteiger partial charge in [-0.2, -0.15) is 0 Å². The molecule has 0 radical (unpaired) electrons. The highest BCUT2D eigenvalue weighted by atomic mass is 19.1. The molecule has 1 amide bonds. The van der Waals surface area contributed by atoms with Gasteiger partial charge in [-0.1, -0.05) is 30.3 Å². The molecule has 0 spiro atoms. The maximum Gasteiger partial charge on any atom is 0.254 e. The molecule has 0 heterocycles. The number of hydrogen-bond donors (Lipinski definition) is 2. The standard InChI is InChI=1S/C16H17FN2O2/c17-14-7-6-13(10-15(14)18)16(21)19(8-9-20)11-12-4-2-1-3-5-12/h1-7,10,20H,8-9,11,18H2. The monoisotopic (exact) mass is 288 g/mol. The molecule has 0 saturated carbocycles. The number of nitrogen functional groups attached to an aromatic ring is 1. The Hall–Kier alpha value is -2.40. The number of benzene rings is 2. The second-order valence-electron chi connectivity index (χ2n) is 4.67. The normalized spacial score (nSPS) is 10.4. The summed E-state index contributed by atoms with van der Waals surface area (Å²) in [5.74, 6) is -0.845. The SMILES string of the molecule is Nc1cc(C(=O)N(CCO)Cc2ccccc2)ccc1F. The highest BCUT2D eigenvalue weighted by Gasteiger charge is 2.16. The van der Waals surface area contributed by atoms with E-state index in [0.29, 0.717) is 12.1 Å². The van der Waals surface area contributed by atoms with Crippen molar-refractivity contribution in [1.82, 2.24) is 4.90 Å². The molecule has 2 aromatic carbocycles. The van der Waals surface area contributed by atoms with Gasteiger partial charge in [0.2, 0.25) is 0 Å². The summed E-state index contributed by atoms with van der Waals surface area (Å²) in [4.78, 5) is 13.9. The fourth-order valence-corrected chi connectivity index (χ4v) is 2.04. The van der Waals surface area contributed by atoms with Crippen LogP contribution in [-0.4, -0.2) is 29.1 Å². The molecule has 0 aliphatic heterocycles. The summed E-state index contributed by atoms with van der Waals surface area (Å²) >= 11 is 0. The van der Waals surface area contributed by atoms with Crippen molar-refractivity contribution in [2.75, 3.05) is 18.9 Å². The molecule has 0 aromatic heterocycles. The third-order valence-corrected chi connectivity index (χ3v) is 3.12. The van der Waals surface area contributed by atoms with Crippen LogP contribution < -0.4 is 5.73 Å². The molecule has 0 fully saturated rings. The minimum absolute atomic E-state index is 0.0653. The predicted molar refractivity (Wildman–Crippen MR) is 79.1 cm³/mol. The fourth-order valence-electron chi connectivity index (χ4n) is 2.04. The second kappa shape index (κ2) is 6.85. The van der Waals surface area contributed by atoms with E-state index < -0.39 is 5.82 Å². The van der Waals surface area contributed by atoms with E-state index in [1.165, 1.54) is 23.1 Å². The second-order valence-corrected chi connectivity index (χ2v) is 4.67. The summed E-state index contributed by atoms with van der Waals surface area (Å²) in [6.45, 7) is 0.428. The Morgan fingerprint density at radius 1 is 1.19 bits per heavy atom. The number of anilines is 1. The van der Waals surface area contributed by atoms with Crippen molar-refractivity contribution in [2.24, 2.45) is 0 Å². The number of halogens is 1. The first kappa shape index (κ1) is 15.0. The molecular weight excluding hydrogens is 271 g/mol. The molecule has 5 heteroatoms. The summed E-state index contributed by atoms with van der Waals surface area (Å²) in [6, 6.07) is 13.3. The number of carbonyl (C=O) groups is 1. The quantitative estimate of drug-likeness (QED) is 0.827. The average molecular weight is 288 g/mol. The van der Waals surface area contributed by atoms with Crippen LogP contribution in [0.25, 0.3) is 0 Å². The van der Waals surface area contributed by atoms with Crippen LogP contribution in [0.3, 0.4) is 0 Å². The van der Waals surface area contributed by atoms with Crippen LogP contribution in [0.2, 0.25) is 0 Å². The van der Waals surface area contributed by atoms with Crippen molar-refractivity contribution in [3.05, 3.63) is 65.5 Å². The molecule has 2 rings (SSSR count). The lowest BCUT2D eigenvalue weighted by molar-refractivity contribution is 0.0708. The first-order valence-electron chi connectivity index (χ1n) is 6.61. The zero-order chi connectivity index (χ0) is 15.2. The van der Waals surface area contributed by atoms with Gasteiger partial charge in [-0.05, 0) is 23.8 Å². The topological polar surface area (TPSA) is 66.6 Å². The molecular formula is C16H17FN2O2. The van der Waals surface area contributed by atoms with E-state index in [-0.39, 0.29) is 24.7 Å². The van der Waals surface area contributed by atoms with Gasteiger partial charge in [-0.15, -0.1) is 0 Å². The smallest absolute Gasteiger partial charge is 0.254 e. The third-order valence-electron chi connectivity index (χ3n) is 3.12. The lowest BCUT2D eigenvalue weighted by Crippen LogP contribution is -2.33. The highest BCUT2D eigenvalue weighted by molar-refractivity contribution is 5.95. The summed E-state index contributed by atoms with van der Waals surface area (Å²) in [7, 11) is 0. The third kappa shape index (κ3) is 3.79. The van der Waals surface area contributed by atoms with Crippen LogP contribution in [0.4, 0.5) is 10.1 Å². The van der Waals surface area contributed by atoms with Crippen LogP contribution in [0.5, 0.6) is 0 Å². The Balaban J connectivity index is 2.20. The predicted octanol–water partition coefficient (Wildman–Crippen LogP) is 2.04. The van der Waals surface area contributed by atoms with Gasteiger partial charge in [-0.25, -0.2) is 4.39 Å². The summed E-state index contributed by atoms with van der Waals surface area (Å²) in [5, 5.41) is 9.13. The Bertz CT molecular complexity index is 617. The Labute approximate surface area is 122 Å². The number of aliphatic hydroxyl groups is 1. The lowest BCUT2D eigenvalue weighted by atomic mass is 10.1. The highest BCUT2D eigenvalue weighted by Crippen LogP contribution is 2.15. The van der Waals surface area contributed by atoms with E-state index in [2.05, 4.69) is 0 Å². The number of rotatable bonds is 5. The van der Waals surface area contributed by atoms with Gasteiger partial charge in [0.25, 0.3) is 5.91 Å². The van der Waals surface area contributed by atoms with Crippen molar-refractivity contribution in [1.29, 1.82) is 0 Å². The summed E-state index contributed by atoms with van der Waals surface area (Å²) in [5.41, 5.74) is 6.68. The van der Waals surface area contributed by atoms with Crippen LogP contribution >= 0.6 is 0 Å². The van der Waals surface area contributed by atoms with E-state index in [1.54, 1.807) is 0 Å². The van der Waals surface area contributed by atoms with E-state index in [9.17, 15) is 9.18 Å². The van der Waals surface area contributed by atoms with Gasteiger partial charge in [0.15, 0.2) is 0 Å². The molecule has 0 aliphatic rings.